The highest BCUT2D eigenvalue weighted by molar-refractivity contribution is 5.83. The van der Waals surface area contributed by atoms with Crippen LogP contribution < -0.4 is 5.73 Å². The zero-order valence-electron chi connectivity index (χ0n) is 11.7. The lowest BCUT2D eigenvalue weighted by Crippen LogP contribution is -2.44. The summed E-state index contributed by atoms with van der Waals surface area (Å²) in [5.74, 6) is 0.0833. The lowest BCUT2D eigenvalue weighted by molar-refractivity contribution is -0.135. The van der Waals surface area contributed by atoms with Gasteiger partial charge in [0.1, 0.15) is 6.04 Å². The average molecular weight is 260 g/mol. The minimum absolute atomic E-state index is 0.0833. The van der Waals surface area contributed by atoms with Crippen molar-refractivity contribution in [3.05, 3.63) is 35.9 Å². The van der Waals surface area contributed by atoms with Gasteiger partial charge in [-0.05, 0) is 24.8 Å². The molecule has 0 aliphatic carbocycles. The van der Waals surface area contributed by atoms with E-state index in [2.05, 4.69) is 6.92 Å². The van der Waals surface area contributed by atoms with Gasteiger partial charge in [-0.25, -0.2) is 0 Å². The van der Waals surface area contributed by atoms with Crippen LogP contribution in [-0.2, 0) is 4.79 Å². The van der Waals surface area contributed by atoms with Gasteiger partial charge in [0, 0.05) is 12.6 Å². The van der Waals surface area contributed by atoms with Gasteiger partial charge in [-0.15, -0.1) is 0 Å². The van der Waals surface area contributed by atoms with Crippen LogP contribution in [0.1, 0.15) is 50.6 Å². The van der Waals surface area contributed by atoms with E-state index in [0.29, 0.717) is 6.04 Å². The third-order valence-electron chi connectivity index (χ3n) is 4.06. The van der Waals surface area contributed by atoms with E-state index < -0.39 is 6.04 Å². The molecule has 2 N–H and O–H groups in total. The Morgan fingerprint density at radius 3 is 2.74 bits per heavy atom. The lowest BCUT2D eigenvalue weighted by atomic mass is 10.0. The summed E-state index contributed by atoms with van der Waals surface area (Å²) in [6.45, 7) is 3.02. The topological polar surface area (TPSA) is 46.3 Å². The Labute approximate surface area is 115 Å². The van der Waals surface area contributed by atoms with Crippen LogP contribution in [0.5, 0.6) is 0 Å². The van der Waals surface area contributed by atoms with Gasteiger partial charge in [-0.2, -0.15) is 0 Å². The molecule has 1 heterocycles. The van der Waals surface area contributed by atoms with Gasteiger partial charge in [-0.3, -0.25) is 4.79 Å². The monoisotopic (exact) mass is 260 g/mol. The van der Waals surface area contributed by atoms with E-state index in [1.165, 1.54) is 12.8 Å². The van der Waals surface area contributed by atoms with Crippen LogP contribution in [0.15, 0.2) is 30.3 Å². The van der Waals surface area contributed by atoms with Crippen LogP contribution in [-0.4, -0.2) is 23.4 Å². The maximum Gasteiger partial charge on any atom is 0.244 e. The van der Waals surface area contributed by atoms with E-state index in [1.54, 1.807) is 0 Å². The van der Waals surface area contributed by atoms with Gasteiger partial charge >= 0.3 is 0 Å². The van der Waals surface area contributed by atoms with Crippen LogP contribution >= 0.6 is 0 Å². The van der Waals surface area contributed by atoms with Crippen molar-refractivity contribution in [3.8, 4) is 0 Å². The molecule has 1 aliphatic rings. The summed E-state index contributed by atoms with van der Waals surface area (Å²) in [4.78, 5) is 14.6. The highest BCUT2D eigenvalue weighted by Gasteiger charge is 2.28. The number of hydrogen-bond donors (Lipinski definition) is 1. The van der Waals surface area contributed by atoms with Gasteiger partial charge in [0.05, 0.1) is 0 Å². The van der Waals surface area contributed by atoms with Crippen molar-refractivity contribution < 1.29 is 4.79 Å². The van der Waals surface area contributed by atoms with Crippen LogP contribution in [0, 0.1) is 0 Å². The first-order chi connectivity index (χ1) is 9.24. The molecule has 2 rings (SSSR count). The Balaban J connectivity index is 2.12. The number of nitrogens with zero attached hydrogens (tertiary/aromatic N) is 1. The summed E-state index contributed by atoms with van der Waals surface area (Å²) in [5.41, 5.74) is 7.05. The molecule has 3 nitrogen and oxygen atoms in total. The maximum absolute atomic E-state index is 12.6. The van der Waals surface area contributed by atoms with Crippen LogP contribution in [0.2, 0.25) is 0 Å². The summed E-state index contributed by atoms with van der Waals surface area (Å²) in [7, 11) is 0. The first kappa shape index (κ1) is 14.1. The molecule has 0 spiro atoms. The Morgan fingerprint density at radius 2 is 2.05 bits per heavy atom. The third kappa shape index (κ3) is 3.35. The molecule has 1 fully saturated rings. The second-order valence-electron chi connectivity index (χ2n) is 5.33. The quantitative estimate of drug-likeness (QED) is 0.908. The number of rotatable bonds is 3. The highest BCUT2D eigenvalue weighted by Crippen LogP contribution is 2.22. The van der Waals surface area contributed by atoms with E-state index in [9.17, 15) is 4.79 Å². The first-order valence-corrected chi connectivity index (χ1v) is 7.35. The van der Waals surface area contributed by atoms with E-state index >= 15 is 0 Å². The molecule has 1 aliphatic heterocycles. The van der Waals surface area contributed by atoms with E-state index in [-0.39, 0.29) is 5.91 Å². The summed E-state index contributed by atoms with van der Waals surface area (Å²) < 4.78 is 0. The molecule has 19 heavy (non-hydrogen) atoms. The number of benzene rings is 1. The Bertz CT molecular complexity index is 404. The number of carbonyl (C=O) groups is 1. The van der Waals surface area contributed by atoms with Gasteiger partial charge in [0.25, 0.3) is 0 Å². The third-order valence-corrected chi connectivity index (χ3v) is 4.06. The average Bonchev–Trinajstić information content (AvgIpc) is 2.71. The molecule has 3 heteroatoms. The Morgan fingerprint density at radius 1 is 1.32 bits per heavy atom. The van der Waals surface area contributed by atoms with Gasteiger partial charge < -0.3 is 10.6 Å². The second-order valence-corrected chi connectivity index (χ2v) is 5.33. The summed E-state index contributed by atoms with van der Waals surface area (Å²) in [6, 6.07) is 9.52. The van der Waals surface area contributed by atoms with E-state index in [4.69, 9.17) is 5.73 Å². The zero-order chi connectivity index (χ0) is 13.7. The molecule has 1 aromatic carbocycles. The molecule has 1 aromatic rings. The summed E-state index contributed by atoms with van der Waals surface area (Å²) >= 11 is 0. The predicted octanol–water partition coefficient (Wildman–Crippen LogP) is 2.87. The standard InChI is InChI=1S/C16H24N2O/c1-2-14-11-7-4-8-12-18(14)16(19)15(17)13-9-5-3-6-10-13/h3,5-6,9-10,14-15H,2,4,7-8,11-12,17H2,1H3/t14?,15-/m1/s1. The van der Waals surface area contributed by atoms with Crippen molar-refractivity contribution in [1.82, 2.24) is 4.90 Å². The smallest absolute Gasteiger partial charge is 0.244 e. The predicted molar refractivity (Wildman–Crippen MR) is 77.6 cm³/mol. The van der Waals surface area contributed by atoms with Gasteiger partial charge in [-0.1, -0.05) is 50.1 Å². The number of amides is 1. The number of carbonyl (C=O) groups excluding carboxylic acids is 1. The van der Waals surface area contributed by atoms with Crippen molar-refractivity contribution in [2.24, 2.45) is 5.73 Å². The molecular formula is C16H24N2O. The molecule has 104 valence electrons. The lowest BCUT2D eigenvalue weighted by Gasteiger charge is -2.31. The Hall–Kier alpha value is -1.35. The first-order valence-electron chi connectivity index (χ1n) is 7.35. The molecule has 0 saturated carbocycles. The molecule has 1 saturated heterocycles. The zero-order valence-corrected chi connectivity index (χ0v) is 11.7. The van der Waals surface area contributed by atoms with Crippen molar-refractivity contribution in [2.75, 3.05) is 6.54 Å². The highest BCUT2D eigenvalue weighted by atomic mass is 16.2. The summed E-state index contributed by atoms with van der Waals surface area (Å²) in [6.07, 6.45) is 5.68. The fourth-order valence-corrected chi connectivity index (χ4v) is 2.87. The Kier molecular flexibility index (Phi) is 4.97. The SMILES string of the molecule is CCC1CCCCCN1C(=O)[C@H](N)c1ccccc1. The number of nitrogens with two attached hydrogens (primary N) is 1. The van der Waals surface area contributed by atoms with Crippen molar-refractivity contribution in [1.29, 1.82) is 0 Å². The van der Waals surface area contributed by atoms with Crippen molar-refractivity contribution in [2.45, 2.75) is 51.1 Å². The van der Waals surface area contributed by atoms with Gasteiger partial charge in [0.2, 0.25) is 5.91 Å². The van der Waals surface area contributed by atoms with E-state index in [1.807, 2.05) is 35.2 Å². The second kappa shape index (κ2) is 6.71. The molecular weight excluding hydrogens is 236 g/mol. The minimum Gasteiger partial charge on any atom is -0.338 e. The molecule has 0 bridgehead atoms. The largest absolute Gasteiger partial charge is 0.338 e. The fourth-order valence-electron chi connectivity index (χ4n) is 2.87. The summed E-state index contributed by atoms with van der Waals surface area (Å²) in [5, 5.41) is 0. The fraction of sp³-hybridized carbons (Fsp3) is 0.562. The number of hydrogen-bond acceptors (Lipinski definition) is 2. The molecule has 1 unspecified atom stereocenters. The van der Waals surface area contributed by atoms with Crippen molar-refractivity contribution in [3.63, 3.8) is 0 Å². The molecule has 0 radical (unpaired) electrons. The molecule has 2 atom stereocenters. The molecule has 1 amide bonds. The maximum atomic E-state index is 12.6. The van der Waals surface area contributed by atoms with Crippen LogP contribution in [0.4, 0.5) is 0 Å². The molecule has 0 aromatic heterocycles. The minimum atomic E-state index is -0.520. The van der Waals surface area contributed by atoms with E-state index in [0.717, 1.165) is 31.4 Å². The van der Waals surface area contributed by atoms with Crippen molar-refractivity contribution >= 4 is 5.91 Å². The normalized spacial score (nSPS) is 21.8. The van der Waals surface area contributed by atoms with Crippen LogP contribution in [0.3, 0.4) is 0 Å². The van der Waals surface area contributed by atoms with Crippen LogP contribution in [0.25, 0.3) is 0 Å². The number of likely N-dealkylation sites (tertiary alicyclic amines) is 1. The van der Waals surface area contributed by atoms with Gasteiger partial charge in [0.15, 0.2) is 0 Å².